The highest BCUT2D eigenvalue weighted by molar-refractivity contribution is 9.10. The largest absolute Gasteiger partial charge is 0.263 e. The van der Waals surface area contributed by atoms with Crippen LogP contribution >= 0.6 is 27.3 Å². The van der Waals surface area contributed by atoms with E-state index < -0.39 is 10.0 Å². The average Bonchev–Trinajstić information content (AvgIpc) is 2.73. The highest BCUT2D eigenvalue weighted by Gasteiger charge is 2.15. The number of benzene rings is 1. The molecule has 1 aromatic heterocycles. The van der Waals surface area contributed by atoms with Crippen LogP contribution in [0.15, 0.2) is 39.1 Å². The first-order valence-corrected chi connectivity index (χ1v) is 7.83. The van der Waals surface area contributed by atoms with Crippen molar-refractivity contribution in [1.29, 1.82) is 0 Å². The van der Waals surface area contributed by atoms with Crippen LogP contribution in [-0.2, 0) is 10.0 Å². The highest BCUT2D eigenvalue weighted by atomic mass is 79.9. The number of rotatable bonds is 3. The van der Waals surface area contributed by atoms with Gasteiger partial charge in [-0.25, -0.2) is 13.4 Å². The summed E-state index contributed by atoms with van der Waals surface area (Å²) >= 11 is 4.57. The first kappa shape index (κ1) is 12.5. The Morgan fingerprint density at radius 1 is 1.41 bits per heavy atom. The van der Waals surface area contributed by atoms with Gasteiger partial charge in [0.2, 0.25) is 0 Å². The zero-order chi connectivity index (χ0) is 12.5. The molecule has 0 aliphatic rings. The van der Waals surface area contributed by atoms with Crippen LogP contribution in [0.3, 0.4) is 0 Å². The second-order valence-corrected chi connectivity index (χ2v) is 6.79. The van der Waals surface area contributed by atoms with Crippen LogP contribution < -0.4 is 4.72 Å². The number of aryl methyl sites for hydroxylation is 1. The van der Waals surface area contributed by atoms with Crippen molar-refractivity contribution in [3.8, 4) is 0 Å². The molecule has 0 aliphatic carbocycles. The quantitative estimate of drug-likeness (QED) is 0.939. The maximum atomic E-state index is 12.0. The predicted molar refractivity (Wildman–Crippen MR) is 71.8 cm³/mol. The van der Waals surface area contributed by atoms with Crippen LogP contribution in [0.5, 0.6) is 0 Å². The fourth-order valence-electron chi connectivity index (χ4n) is 1.23. The van der Waals surface area contributed by atoms with Gasteiger partial charge < -0.3 is 0 Å². The molecule has 17 heavy (non-hydrogen) atoms. The molecule has 0 fully saturated rings. The van der Waals surface area contributed by atoms with Crippen LogP contribution in [0.4, 0.5) is 5.13 Å². The Morgan fingerprint density at radius 3 is 2.76 bits per heavy atom. The second kappa shape index (κ2) is 4.75. The Labute approximate surface area is 112 Å². The molecule has 0 saturated carbocycles. The van der Waals surface area contributed by atoms with Crippen LogP contribution in [-0.4, -0.2) is 13.4 Å². The Morgan fingerprint density at radius 2 is 2.18 bits per heavy atom. The Kier molecular flexibility index (Phi) is 3.50. The van der Waals surface area contributed by atoms with E-state index in [1.54, 1.807) is 29.8 Å². The minimum atomic E-state index is -3.55. The Bertz CT molecular complexity index is 624. The molecule has 0 saturated heterocycles. The third kappa shape index (κ3) is 2.85. The SMILES string of the molecule is Cc1cc(S(=O)(=O)Nc2nccs2)ccc1Br. The number of halogens is 1. The number of nitrogens with one attached hydrogen (secondary N) is 1. The van der Waals surface area contributed by atoms with E-state index in [0.29, 0.717) is 5.13 Å². The molecule has 1 N–H and O–H groups in total. The van der Waals surface area contributed by atoms with Crippen molar-refractivity contribution in [1.82, 2.24) is 4.98 Å². The lowest BCUT2D eigenvalue weighted by Crippen LogP contribution is -2.12. The molecular weight excluding hydrogens is 324 g/mol. The Hall–Kier alpha value is -0.920. The van der Waals surface area contributed by atoms with Crippen LogP contribution in [0, 0.1) is 6.92 Å². The van der Waals surface area contributed by atoms with Gasteiger partial charge in [-0.1, -0.05) is 15.9 Å². The summed E-state index contributed by atoms with van der Waals surface area (Å²) in [6.07, 6.45) is 1.55. The fourth-order valence-corrected chi connectivity index (χ4v) is 3.35. The van der Waals surface area contributed by atoms with Crippen molar-refractivity contribution < 1.29 is 8.42 Å². The zero-order valence-electron chi connectivity index (χ0n) is 8.84. The van der Waals surface area contributed by atoms with Gasteiger partial charge in [-0.2, -0.15) is 0 Å². The van der Waals surface area contributed by atoms with E-state index in [0.717, 1.165) is 10.0 Å². The molecule has 0 unspecified atom stereocenters. The standard InChI is InChI=1S/C10H9BrN2O2S2/c1-7-6-8(2-3-9(7)11)17(14,15)13-10-12-4-5-16-10/h2-6H,1H3,(H,12,13). The number of nitrogens with zero attached hydrogens (tertiary/aromatic N) is 1. The number of anilines is 1. The van der Waals surface area contributed by atoms with Gasteiger partial charge in [0.15, 0.2) is 5.13 Å². The molecule has 0 bridgehead atoms. The van der Waals surface area contributed by atoms with Crippen molar-refractivity contribution in [3.05, 3.63) is 39.8 Å². The Balaban J connectivity index is 2.35. The number of hydrogen-bond donors (Lipinski definition) is 1. The molecule has 7 heteroatoms. The smallest absolute Gasteiger partial charge is 0.255 e. The van der Waals surface area contributed by atoms with E-state index in [1.807, 2.05) is 6.92 Å². The van der Waals surface area contributed by atoms with Gasteiger partial charge >= 0.3 is 0 Å². The van der Waals surface area contributed by atoms with E-state index in [4.69, 9.17) is 0 Å². The molecule has 4 nitrogen and oxygen atoms in total. The van der Waals surface area contributed by atoms with E-state index in [9.17, 15) is 8.42 Å². The second-order valence-electron chi connectivity index (χ2n) is 3.35. The van der Waals surface area contributed by atoms with Gasteiger partial charge in [0.1, 0.15) is 0 Å². The highest BCUT2D eigenvalue weighted by Crippen LogP contribution is 2.22. The third-order valence-electron chi connectivity index (χ3n) is 2.09. The lowest BCUT2D eigenvalue weighted by Gasteiger charge is -2.06. The average molecular weight is 333 g/mol. The first-order chi connectivity index (χ1) is 7.99. The van der Waals surface area contributed by atoms with Crippen molar-refractivity contribution >= 4 is 42.4 Å². The molecule has 1 heterocycles. The summed E-state index contributed by atoms with van der Waals surface area (Å²) < 4.78 is 27.3. The normalized spacial score (nSPS) is 11.4. The van der Waals surface area contributed by atoms with Crippen molar-refractivity contribution in [2.45, 2.75) is 11.8 Å². The summed E-state index contributed by atoms with van der Waals surface area (Å²) in [5, 5.41) is 2.08. The summed E-state index contributed by atoms with van der Waals surface area (Å²) in [6.45, 7) is 1.84. The van der Waals surface area contributed by atoms with Crippen molar-refractivity contribution in [2.75, 3.05) is 4.72 Å². The van der Waals surface area contributed by atoms with E-state index >= 15 is 0 Å². The molecule has 1 aromatic carbocycles. The van der Waals surface area contributed by atoms with Gasteiger partial charge in [-0.15, -0.1) is 11.3 Å². The number of hydrogen-bond acceptors (Lipinski definition) is 4. The number of sulfonamides is 1. The predicted octanol–water partition coefficient (Wildman–Crippen LogP) is 3.01. The lowest BCUT2D eigenvalue weighted by atomic mass is 10.2. The molecule has 0 atom stereocenters. The van der Waals surface area contributed by atoms with Crippen LogP contribution in [0.2, 0.25) is 0 Å². The summed E-state index contributed by atoms with van der Waals surface area (Å²) in [4.78, 5) is 4.12. The number of aromatic nitrogens is 1. The molecule has 0 radical (unpaired) electrons. The zero-order valence-corrected chi connectivity index (χ0v) is 12.1. The molecule has 0 spiro atoms. The minimum absolute atomic E-state index is 0.230. The topological polar surface area (TPSA) is 59.1 Å². The third-order valence-corrected chi connectivity index (χ3v) is 5.14. The van der Waals surface area contributed by atoms with Gasteiger partial charge in [-0.05, 0) is 30.7 Å². The van der Waals surface area contributed by atoms with Gasteiger partial charge in [-0.3, -0.25) is 4.72 Å². The fraction of sp³-hybridized carbons (Fsp3) is 0.100. The lowest BCUT2D eigenvalue weighted by molar-refractivity contribution is 0.601. The van der Waals surface area contributed by atoms with Gasteiger partial charge in [0.25, 0.3) is 10.0 Å². The summed E-state index contributed by atoms with van der Waals surface area (Å²) in [6, 6.07) is 4.87. The number of thiazole rings is 1. The maximum absolute atomic E-state index is 12.0. The van der Waals surface area contributed by atoms with Crippen molar-refractivity contribution in [2.24, 2.45) is 0 Å². The van der Waals surface area contributed by atoms with Crippen molar-refractivity contribution in [3.63, 3.8) is 0 Å². The molecule has 0 aliphatic heterocycles. The molecular formula is C10H9BrN2O2S2. The van der Waals surface area contributed by atoms with Crippen LogP contribution in [0.1, 0.15) is 5.56 Å². The molecule has 2 aromatic rings. The minimum Gasteiger partial charge on any atom is -0.255 e. The van der Waals surface area contributed by atoms with Gasteiger partial charge in [0.05, 0.1) is 4.90 Å². The first-order valence-electron chi connectivity index (χ1n) is 4.67. The van der Waals surface area contributed by atoms with Crippen LogP contribution in [0.25, 0.3) is 0 Å². The molecule has 0 amide bonds. The summed E-state index contributed by atoms with van der Waals surface area (Å²) in [5.74, 6) is 0. The molecule has 90 valence electrons. The monoisotopic (exact) mass is 332 g/mol. The van der Waals surface area contributed by atoms with E-state index in [2.05, 4.69) is 25.6 Å². The van der Waals surface area contributed by atoms with E-state index in [-0.39, 0.29) is 4.90 Å². The van der Waals surface area contributed by atoms with E-state index in [1.165, 1.54) is 11.3 Å². The summed E-state index contributed by atoms with van der Waals surface area (Å²) in [5.41, 5.74) is 0.868. The maximum Gasteiger partial charge on any atom is 0.263 e. The molecule has 2 rings (SSSR count). The summed E-state index contributed by atoms with van der Waals surface area (Å²) in [7, 11) is -3.55. The van der Waals surface area contributed by atoms with Gasteiger partial charge in [0, 0.05) is 16.0 Å².